The molecule has 4 nitrogen and oxygen atoms in total. The van der Waals surface area contributed by atoms with Gasteiger partial charge in [-0.2, -0.15) is 0 Å². The van der Waals surface area contributed by atoms with Crippen molar-refractivity contribution in [2.45, 2.75) is 13.5 Å². The van der Waals surface area contributed by atoms with Gasteiger partial charge in [0.15, 0.2) is 5.78 Å². The van der Waals surface area contributed by atoms with E-state index >= 15 is 0 Å². The Kier molecular flexibility index (Phi) is 5.77. The molecule has 0 unspecified atom stereocenters. The van der Waals surface area contributed by atoms with E-state index in [-0.39, 0.29) is 5.78 Å². The Morgan fingerprint density at radius 1 is 0.815 bits per heavy atom. The van der Waals surface area contributed by atoms with Crippen LogP contribution < -0.4 is 14.2 Å². The largest absolute Gasteiger partial charge is 0.496 e. The monoisotopic (exact) mass is 362 g/mol. The second kappa shape index (κ2) is 8.41. The van der Waals surface area contributed by atoms with Crippen LogP contribution in [0.2, 0.25) is 0 Å². The molecule has 0 saturated carbocycles. The fourth-order valence-electron chi connectivity index (χ4n) is 2.89. The van der Waals surface area contributed by atoms with Gasteiger partial charge in [0.25, 0.3) is 0 Å². The Bertz CT molecular complexity index is 915. The SMILES string of the molecule is COc1cc(OC)c(C(C)=O)c(OCc2ccc(-c3ccccc3)cc2)c1. The van der Waals surface area contributed by atoms with E-state index in [2.05, 4.69) is 24.3 Å². The van der Waals surface area contributed by atoms with Crippen molar-refractivity contribution in [3.05, 3.63) is 77.9 Å². The van der Waals surface area contributed by atoms with Crippen LogP contribution in [0.25, 0.3) is 11.1 Å². The molecule has 27 heavy (non-hydrogen) atoms. The van der Waals surface area contributed by atoms with Crippen LogP contribution in [-0.2, 0) is 6.61 Å². The van der Waals surface area contributed by atoms with E-state index in [0.29, 0.717) is 29.4 Å². The molecule has 3 rings (SSSR count). The van der Waals surface area contributed by atoms with Gasteiger partial charge in [-0.05, 0) is 23.6 Å². The standard InChI is InChI=1S/C23H22O4/c1-16(24)23-21(26-3)13-20(25-2)14-22(23)27-15-17-9-11-19(12-10-17)18-7-5-4-6-8-18/h4-14H,15H2,1-3H3. The molecule has 0 aliphatic carbocycles. The highest BCUT2D eigenvalue weighted by Crippen LogP contribution is 2.35. The third kappa shape index (κ3) is 4.29. The van der Waals surface area contributed by atoms with Crippen molar-refractivity contribution in [2.24, 2.45) is 0 Å². The summed E-state index contributed by atoms with van der Waals surface area (Å²) in [5, 5.41) is 0. The molecule has 0 heterocycles. The average Bonchev–Trinajstić information content (AvgIpc) is 2.72. The molecule has 0 aliphatic heterocycles. The van der Waals surface area contributed by atoms with Crippen LogP contribution in [0.15, 0.2) is 66.7 Å². The van der Waals surface area contributed by atoms with Crippen LogP contribution in [-0.4, -0.2) is 20.0 Å². The number of carbonyl (C=O) groups is 1. The van der Waals surface area contributed by atoms with Gasteiger partial charge >= 0.3 is 0 Å². The molecule has 0 atom stereocenters. The van der Waals surface area contributed by atoms with E-state index < -0.39 is 0 Å². The molecule has 0 bridgehead atoms. The first kappa shape index (κ1) is 18.5. The first-order valence-corrected chi connectivity index (χ1v) is 8.66. The van der Waals surface area contributed by atoms with Gasteiger partial charge in [0, 0.05) is 12.1 Å². The Labute approximate surface area is 159 Å². The van der Waals surface area contributed by atoms with E-state index in [1.54, 1.807) is 19.2 Å². The number of ether oxygens (including phenoxy) is 3. The second-order valence-corrected chi connectivity index (χ2v) is 6.11. The maximum Gasteiger partial charge on any atom is 0.167 e. The molecule has 0 aliphatic rings. The van der Waals surface area contributed by atoms with Crippen LogP contribution in [0.1, 0.15) is 22.8 Å². The minimum absolute atomic E-state index is 0.121. The smallest absolute Gasteiger partial charge is 0.167 e. The van der Waals surface area contributed by atoms with Crippen LogP contribution in [0, 0.1) is 0 Å². The summed E-state index contributed by atoms with van der Waals surface area (Å²) in [7, 11) is 3.08. The van der Waals surface area contributed by atoms with Gasteiger partial charge in [-0.1, -0.05) is 54.6 Å². The van der Waals surface area contributed by atoms with E-state index in [1.165, 1.54) is 19.6 Å². The first-order chi connectivity index (χ1) is 13.1. The molecule has 0 N–H and O–H groups in total. The summed E-state index contributed by atoms with van der Waals surface area (Å²) in [5.41, 5.74) is 3.73. The van der Waals surface area contributed by atoms with Gasteiger partial charge in [0.2, 0.25) is 0 Å². The Hall–Kier alpha value is -3.27. The number of ketones is 1. The number of carbonyl (C=O) groups excluding carboxylic acids is 1. The van der Waals surface area contributed by atoms with Crippen molar-refractivity contribution in [2.75, 3.05) is 14.2 Å². The lowest BCUT2D eigenvalue weighted by molar-refractivity contribution is 0.101. The number of rotatable bonds is 7. The summed E-state index contributed by atoms with van der Waals surface area (Å²) in [6.07, 6.45) is 0. The van der Waals surface area contributed by atoms with Crippen molar-refractivity contribution in [3.63, 3.8) is 0 Å². The lowest BCUT2D eigenvalue weighted by atomic mass is 10.0. The van der Waals surface area contributed by atoms with E-state index in [1.807, 2.05) is 30.3 Å². The van der Waals surface area contributed by atoms with Gasteiger partial charge < -0.3 is 14.2 Å². The fraction of sp³-hybridized carbons (Fsp3) is 0.174. The highest BCUT2D eigenvalue weighted by Gasteiger charge is 2.17. The summed E-state index contributed by atoms with van der Waals surface area (Å²) < 4.78 is 16.5. The number of Topliss-reactive ketones (excluding diaryl/α,β-unsaturated/α-hetero) is 1. The Balaban J connectivity index is 1.81. The van der Waals surface area contributed by atoms with Crippen molar-refractivity contribution < 1.29 is 19.0 Å². The lowest BCUT2D eigenvalue weighted by Crippen LogP contribution is -2.05. The van der Waals surface area contributed by atoms with Gasteiger partial charge in [-0.25, -0.2) is 0 Å². The van der Waals surface area contributed by atoms with Gasteiger partial charge in [0.05, 0.1) is 14.2 Å². The quantitative estimate of drug-likeness (QED) is 0.545. The fourth-order valence-corrected chi connectivity index (χ4v) is 2.89. The zero-order valence-corrected chi connectivity index (χ0v) is 15.7. The summed E-state index contributed by atoms with van der Waals surface area (Å²) in [6, 6.07) is 21.7. The minimum atomic E-state index is -0.121. The van der Waals surface area contributed by atoms with Crippen LogP contribution >= 0.6 is 0 Å². The maximum absolute atomic E-state index is 12.1. The summed E-state index contributed by atoms with van der Waals surface area (Å²) in [4.78, 5) is 12.1. The molecule has 0 aromatic heterocycles. The van der Waals surface area contributed by atoms with E-state index in [0.717, 1.165) is 11.1 Å². The van der Waals surface area contributed by atoms with Crippen molar-refractivity contribution in [1.82, 2.24) is 0 Å². The van der Waals surface area contributed by atoms with Crippen molar-refractivity contribution in [1.29, 1.82) is 0 Å². The van der Waals surface area contributed by atoms with E-state index in [9.17, 15) is 4.79 Å². The van der Waals surface area contributed by atoms with Gasteiger partial charge in [0.1, 0.15) is 29.4 Å². The van der Waals surface area contributed by atoms with E-state index in [4.69, 9.17) is 14.2 Å². The molecule has 3 aromatic rings. The van der Waals surface area contributed by atoms with Crippen molar-refractivity contribution in [3.8, 4) is 28.4 Å². The third-order valence-corrected chi connectivity index (χ3v) is 4.30. The number of methoxy groups -OCH3 is 2. The molecule has 0 amide bonds. The zero-order valence-electron chi connectivity index (χ0n) is 15.7. The van der Waals surface area contributed by atoms with Crippen LogP contribution in [0.5, 0.6) is 17.2 Å². The highest BCUT2D eigenvalue weighted by atomic mass is 16.5. The Morgan fingerprint density at radius 3 is 2.04 bits per heavy atom. The molecule has 0 radical (unpaired) electrons. The summed E-state index contributed by atoms with van der Waals surface area (Å²) in [5.74, 6) is 1.34. The maximum atomic E-state index is 12.1. The predicted octanol–water partition coefficient (Wildman–Crippen LogP) is 5.15. The molecule has 0 saturated heterocycles. The average molecular weight is 362 g/mol. The third-order valence-electron chi connectivity index (χ3n) is 4.30. The van der Waals surface area contributed by atoms with Crippen LogP contribution in [0.3, 0.4) is 0 Å². The molecule has 0 fully saturated rings. The van der Waals surface area contributed by atoms with Crippen LogP contribution in [0.4, 0.5) is 0 Å². The van der Waals surface area contributed by atoms with Gasteiger partial charge in [-0.15, -0.1) is 0 Å². The van der Waals surface area contributed by atoms with Crippen molar-refractivity contribution >= 4 is 5.78 Å². The van der Waals surface area contributed by atoms with Gasteiger partial charge in [-0.3, -0.25) is 4.79 Å². The second-order valence-electron chi connectivity index (χ2n) is 6.11. The molecule has 0 spiro atoms. The highest BCUT2D eigenvalue weighted by molar-refractivity contribution is 6.00. The number of benzene rings is 3. The first-order valence-electron chi connectivity index (χ1n) is 8.66. The Morgan fingerprint density at radius 2 is 1.44 bits per heavy atom. The summed E-state index contributed by atoms with van der Waals surface area (Å²) in [6.45, 7) is 1.83. The molecular weight excluding hydrogens is 340 g/mol. The molecule has 138 valence electrons. The lowest BCUT2D eigenvalue weighted by Gasteiger charge is -2.15. The number of hydrogen-bond acceptors (Lipinski definition) is 4. The topological polar surface area (TPSA) is 44.8 Å². The number of hydrogen-bond donors (Lipinski definition) is 0. The minimum Gasteiger partial charge on any atom is -0.496 e. The predicted molar refractivity (Wildman–Crippen MR) is 106 cm³/mol. The molecule has 3 aromatic carbocycles. The molecule has 4 heteroatoms. The summed E-state index contributed by atoms with van der Waals surface area (Å²) >= 11 is 0. The molecular formula is C23H22O4. The normalized spacial score (nSPS) is 10.3. The zero-order chi connectivity index (χ0) is 19.2.